The summed E-state index contributed by atoms with van der Waals surface area (Å²) in [6, 6.07) is 15.6. The van der Waals surface area contributed by atoms with Crippen molar-refractivity contribution in [1.82, 2.24) is 0 Å². The molecule has 0 saturated heterocycles. The fourth-order valence-electron chi connectivity index (χ4n) is 1.99. The Labute approximate surface area is 140 Å². The van der Waals surface area contributed by atoms with Crippen molar-refractivity contribution in [3.63, 3.8) is 0 Å². The van der Waals surface area contributed by atoms with Crippen LogP contribution in [0.1, 0.15) is 11.1 Å². The molecule has 0 amide bonds. The zero-order chi connectivity index (χ0) is 15.5. The van der Waals surface area contributed by atoms with Crippen LogP contribution >= 0.6 is 30.2 Å². The van der Waals surface area contributed by atoms with E-state index in [1.54, 1.807) is 25.0 Å². The van der Waals surface area contributed by atoms with E-state index in [0.717, 1.165) is 32.7 Å². The highest BCUT2D eigenvalue weighted by atomic mass is 35.7. The summed E-state index contributed by atoms with van der Waals surface area (Å²) in [5, 5.41) is 0.937. The molecule has 0 N–H and O–H groups in total. The van der Waals surface area contributed by atoms with Gasteiger partial charge in [-0.25, -0.2) is 4.99 Å². The van der Waals surface area contributed by atoms with Crippen LogP contribution < -0.4 is 9.47 Å². The largest absolute Gasteiger partial charge is 0.497 e. The number of hydrogen-bond acceptors (Lipinski definition) is 4. The second kappa shape index (κ2) is 6.77. The van der Waals surface area contributed by atoms with Gasteiger partial charge in [0.25, 0.3) is 0 Å². The molecule has 3 rings (SSSR count). The van der Waals surface area contributed by atoms with Crippen LogP contribution in [0, 0.1) is 0 Å². The molecule has 114 valence electrons. The normalized spacial score (nSPS) is 17.3. The minimum Gasteiger partial charge on any atom is -0.497 e. The second-order valence-electron chi connectivity index (χ2n) is 4.49. The highest BCUT2D eigenvalue weighted by Crippen LogP contribution is 2.46. The maximum atomic E-state index is 6.47. The molecule has 1 heterocycles. The van der Waals surface area contributed by atoms with E-state index in [1.165, 1.54) is 0 Å². The van der Waals surface area contributed by atoms with Crippen LogP contribution in [-0.2, 0) is 0 Å². The molecule has 0 aromatic heterocycles. The highest BCUT2D eigenvalue weighted by Gasteiger charge is 2.19. The molecule has 0 radical (unpaired) electrons. The Bertz CT molecular complexity index is 740. The first-order valence-corrected chi connectivity index (χ1v) is 9.93. The lowest BCUT2D eigenvalue weighted by molar-refractivity contribution is 0.414. The van der Waals surface area contributed by atoms with Crippen LogP contribution in [0.25, 0.3) is 0 Å². The van der Waals surface area contributed by atoms with Gasteiger partial charge in [0.1, 0.15) is 21.5 Å². The zero-order valence-electron chi connectivity index (χ0n) is 12.1. The van der Waals surface area contributed by atoms with E-state index in [0.29, 0.717) is 0 Å². The van der Waals surface area contributed by atoms with Gasteiger partial charge in [-0.3, -0.25) is 0 Å². The Balaban J connectivity index is 1.88. The van der Waals surface area contributed by atoms with E-state index in [1.807, 2.05) is 48.5 Å². The molecule has 3 nitrogen and oxygen atoms in total. The van der Waals surface area contributed by atoms with Crippen molar-refractivity contribution in [1.29, 1.82) is 0 Å². The maximum Gasteiger partial charge on any atom is 0.120 e. The SMILES string of the molecule is COc1ccc(C2=NC(c3ccc(OC)cc3)=S(Cl)S2)cc1. The number of halogens is 1. The highest BCUT2D eigenvalue weighted by molar-refractivity contribution is 8.97. The summed E-state index contributed by atoms with van der Waals surface area (Å²) in [4.78, 5) is 5.62. The first-order chi connectivity index (χ1) is 10.7. The molecule has 1 atom stereocenters. The molecule has 2 aromatic carbocycles. The zero-order valence-corrected chi connectivity index (χ0v) is 14.5. The molecule has 2 aromatic rings. The molecule has 0 fully saturated rings. The molecule has 22 heavy (non-hydrogen) atoms. The Morgan fingerprint density at radius 1 is 0.864 bits per heavy atom. The van der Waals surface area contributed by atoms with Crippen LogP contribution in [0.5, 0.6) is 11.5 Å². The van der Waals surface area contributed by atoms with Crippen molar-refractivity contribution in [2.75, 3.05) is 14.2 Å². The molecule has 6 heteroatoms. The lowest BCUT2D eigenvalue weighted by atomic mass is 10.2. The fraction of sp³-hybridized carbons (Fsp3) is 0.125. The van der Waals surface area contributed by atoms with Gasteiger partial charge in [-0.2, -0.15) is 0 Å². The summed E-state index contributed by atoms with van der Waals surface area (Å²) in [5.41, 5.74) is 2.07. The standard InChI is InChI=1S/C16H14ClNO2S2/c1-19-13-7-3-11(4-8-13)15-18-16(22(17)21-15)12-5-9-14(20-2)10-6-12/h3-10H,1-2H3. The Hall–Kier alpha value is -1.43. The van der Waals surface area contributed by atoms with Crippen molar-refractivity contribution >= 4 is 40.2 Å². The minimum absolute atomic E-state index is 0.478. The molecule has 1 unspecified atom stereocenters. The molecule has 1 aliphatic rings. The van der Waals surface area contributed by atoms with E-state index in [9.17, 15) is 0 Å². The number of aliphatic imine (C=N–C) groups is 1. The lowest BCUT2D eigenvalue weighted by Gasteiger charge is -2.02. The average molecular weight is 352 g/mol. The number of ether oxygens (including phenoxy) is 2. The number of rotatable bonds is 4. The molecular weight excluding hydrogens is 338 g/mol. The van der Waals surface area contributed by atoms with Crippen molar-refractivity contribution in [3.05, 3.63) is 59.7 Å². The van der Waals surface area contributed by atoms with Gasteiger partial charge in [0.05, 0.1) is 14.2 Å². The Morgan fingerprint density at radius 3 is 1.86 bits per heavy atom. The first-order valence-electron chi connectivity index (χ1n) is 6.54. The third kappa shape index (κ3) is 3.16. The lowest BCUT2D eigenvalue weighted by Crippen LogP contribution is -1.97. The van der Waals surface area contributed by atoms with Crippen molar-refractivity contribution in [2.24, 2.45) is 4.99 Å². The number of hydrogen-bond donors (Lipinski definition) is 0. The first kappa shape index (κ1) is 15.5. The second-order valence-corrected chi connectivity index (χ2v) is 8.85. The van der Waals surface area contributed by atoms with Gasteiger partial charge in [-0.15, -0.1) is 0 Å². The summed E-state index contributed by atoms with van der Waals surface area (Å²) in [6.45, 7) is 0. The van der Waals surface area contributed by atoms with Gasteiger partial charge < -0.3 is 9.47 Å². The van der Waals surface area contributed by atoms with Crippen LogP contribution in [-0.4, -0.2) is 24.3 Å². The van der Waals surface area contributed by atoms with E-state index in [-0.39, 0.29) is 0 Å². The number of methoxy groups -OCH3 is 2. The smallest absolute Gasteiger partial charge is 0.120 e. The van der Waals surface area contributed by atoms with Gasteiger partial charge >= 0.3 is 0 Å². The molecule has 0 spiro atoms. The Kier molecular flexibility index (Phi) is 4.76. The topological polar surface area (TPSA) is 30.8 Å². The van der Waals surface area contributed by atoms with Gasteiger partial charge in [-0.1, -0.05) is 0 Å². The summed E-state index contributed by atoms with van der Waals surface area (Å²) in [6.07, 6.45) is 0. The molecule has 0 saturated carbocycles. The number of nitrogens with zero attached hydrogens (tertiary/aromatic N) is 1. The molecular formula is C16H14ClNO2S2. The van der Waals surface area contributed by atoms with Gasteiger partial charge in [-0.05, 0) is 78.7 Å². The van der Waals surface area contributed by atoms with Gasteiger partial charge in [0.15, 0.2) is 0 Å². The summed E-state index contributed by atoms with van der Waals surface area (Å²) in [7, 11) is 10.9. The fourth-order valence-corrected chi connectivity index (χ4v) is 5.47. The Morgan fingerprint density at radius 2 is 1.36 bits per heavy atom. The van der Waals surface area contributed by atoms with Crippen LogP contribution in [0.4, 0.5) is 0 Å². The van der Waals surface area contributed by atoms with E-state index in [4.69, 9.17) is 25.1 Å². The summed E-state index contributed by atoms with van der Waals surface area (Å²) < 4.78 is 10.4. The summed E-state index contributed by atoms with van der Waals surface area (Å²) >= 11 is 0. The average Bonchev–Trinajstić information content (AvgIpc) is 2.97. The van der Waals surface area contributed by atoms with Gasteiger partial charge in [0.2, 0.25) is 0 Å². The third-order valence-corrected chi connectivity index (χ3v) is 6.83. The van der Waals surface area contributed by atoms with E-state index < -0.39 is 8.73 Å². The molecule has 0 bridgehead atoms. The summed E-state index contributed by atoms with van der Waals surface area (Å²) in [5.74, 6) is 1.65. The van der Waals surface area contributed by atoms with Crippen LogP contribution in [0.3, 0.4) is 0 Å². The third-order valence-electron chi connectivity index (χ3n) is 3.18. The molecule has 1 aliphatic heterocycles. The van der Waals surface area contributed by atoms with Crippen molar-refractivity contribution in [2.45, 2.75) is 0 Å². The van der Waals surface area contributed by atoms with Crippen molar-refractivity contribution in [3.8, 4) is 11.5 Å². The predicted octanol–water partition coefficient (Wildman–Crippen LogP) is 4.71. The number of benzene rings is 2. The monoisotopic (exact) mass is 351 g/mol. The quantitative estimate of drug-likeness (QED) is 0.590. The van der Waals surface area contributed by atoms with E-state index >= 15 is 0 Å². The van der Waals surface area contributed by atoms with Crippen LogP contribution in [0.2, 0.25) is 0 Å². The minimum atomic E-state index is -0.478. The predicted molar refractivity (Wildman–Crippen MR) is 97.7 cm³/mol. The van der Waals surface area contributed by atoms with Crippen LogP contribution in [0.15, 0.2) is 53.5 Å². The maximum absolute atomic E-state index is 6.47. The van der Waals surface area contributed by atoms with E-state index in [2.05, 4.69) is 0 Å². The van der Waals surface area contributed by atoms with Crippen molar-refractivity contribution < 1.29 is 9.47 Å². The van der Waals surface area contributed by atoms with Gasteiger partial charge in [0, 0.05) is 11.1 Å². The molecule has 0 aliphatic carbocycles.